The Bertz CT molecular complexity index is 407. The summed E-state index contributed by atoms with van der Waals surface area (Å²) in [5.41, 5.74) is 5.69. The molecule has 0 aliphatic carbocycles. The first-order valence-corrected chi connectivity index (χ1v) is 5.94. The van der Waals surface area contributed by atoms with Crippen molar-refractivity contribution in [3.8, 4) is 0 Å². The van der Waals surface area contributed by atoms with Gasteiger partial charge in [0.2, 0.25) is 0 Å². The second-order valence-electron chi connectivity index (χ2n) is 5.39. The summed E-state index contributed by atoms with van der Waals surface area (Å²) in [6, 6.07) is 3.40. The molecule has 0 spiro atoms. The molecule has 2 N–H and O–H groups in total. The summed E-state index contributed by atoms with van der Waals surface area (Å²) in [5, 5.41) is 0. The molecule has 0 bridgehead atoms. The number of aromatic nitrogens is 1. The Balaban J connectivity index is 2.96. The summed E-state index contributed by atoms with van der Waals surface area (Å²) < 4.78 is 5.37. The molecule has 1 rings (SSSR count). The number of carbonyl (C=O) groups excluding carboxylic acids is 1. The number of hydrogen-bond acceptors (Lipinski definition) is 4. The van der Waals surface area contributed by atoms with Crippen LogP contribution in [-0.2, 0) is 4.74 Å². The molecular weight excluding hydrogens is 230 g/mol. The fourth-order valence-electron chi connectivity index (χ4n) is 1.47. The van der Waals surface area contributed by atoms with Crippen molar-refractivity contribution in [2.45, 2.75) is 46.3 Å². The Hall–Kier alpha value is -1.78. The Kier molecular flexibility index (Phi) is 4.16. The van der Waals surface area contributed by atoms with Crippen LogP contribution in [0.25, 0.3) is 0 Å². The summed E-state index contributed by atoms with van der Waals surface area (Å²) in [5.74, 6) is 0.423. The first-order chi connectivity index (χ1) is 8.20. The van der Waals surface area contributed by atoms with Gasteiger partial charge in [-0.25, -0.2) is 9.78 Å². The third-order valence-electron chi connectivity index (χ3n) is 2.16. The molecular formula is C13H21N3O2. The minimum absolute atomic E-state index is 0.0229. The van der Waals surface area contributed by atoms with Gasteiger partial charge in [0.15, 0.2) is 0 Å². The third-order valence-corrected chi connectivity index (χ3v) is 2.16. The van der Waals surface area contributed by atoms with Crippen LogP contribution in [0.5, 0.6) is 0 Å². The number of hydrogen-bond donors (Lipinski definition) is 1. The summed E-state index contributed by atoms with van der Waals surface area (Å²) in [6.07, 6.45) is 1.18. The topological polar surface area (TPSA) is 68.5 Å². The van der Waals surface area contributed by atoms with Crippen LogP contribution >= 0.6 is 0 Å². The highest BCUT2D eigenvalue weighted by Gasteiger charge is 2.25. The monoisotopic (exact) mass is 251 g/mol. The number of pyridine rings is 1. The summed E-state index contributed by atoms with van der Waals surface area (Å²) in [7, 11) is 0. The number of nitrogens with two attached hydrogens (primary N) is 1. The first-order valence-electron chi connectivity index (χ1n) is 5.94. The van der Waals surface area contributed by atoms with E-state index in [-0.39, 0.29) is 12.1 Å². The van der Waals surface area contributed by atoms with E-state index in [0.717, 1.165) is 0 Å². The van der Waals surface area contributed by atoms with Gasteiger partial charge in [-0.1, -0.05) is 0 Å². The summed E-state index contributed by atoms with van der Waals surface area (Å²) >= 11 is 0. The lowest BCUT2D eigenvalue weighted by Gasteiger charge is -2.29. The highest BCUT2D eigenvalue weighted by Crippen LogP contribution is 2.20. The van der Waals surface area contributed by atoms with Crippen LogP contribution in [0.4, 0.5) is 16.3 Å². The molecule has 0 aliphatic heterocycles. The van der Waals surface area contributed by atoms with E-state index in [9.17, 15) is 4.79 Å². The van der Waals surface area contributed by atoms with E-state index in [2.05, 4.69) is 4.98 Å². The summed E-state index contributed by atoms with van der Waals surface area (Å²) in [6.45, 7) is 9.35. The number of amides is 1. The molecule has 0 saturated heterocycles. The van der Waals surface area contributed by atoms with E-state index in [4.69, 9.17) is 10.5 Å². The second-order valence-corrected chi connectivity index (χ2v) is 5.39. The van der Waals surface area contributed by atoms with Crippen LogP contribution in [0.3, 0.4) is 0 Å². The fraction of sp³-hybridized carbons (Fsp3) is 0.538. The molecule has 1 aromatic heterocycles. The molecule has 1 heterocycles. The maximum absolute atomic E-state index is 12.1. The van der Waals surface area contributed by atoms with Crippen LogP contribution in [-0.4, -0.2) is 22.7 Å². The SMILES string of the molecule is CC(C)N(C(=O)OC(C)(C)C)c1ccc(N)nc1. The predicted molar refractivity (Wildman–Crippen MR) is 72.5 cm³/mol. The average Bonchev–Trinajstić information content (AvgIpc) is 2.18. The van der Waals surface area contributed by atoms with Gasteiger partial charge in [0, 0.05) is 6.04 Å². The molecule has 0 saturated carbocycles. The predicted octanol–water partition coefficient (Wildman–Crippen LogP) is 2.81. The first kappa shape index (κ1) is 14.3. The van der Waals surface area contributed by atoms with Gasteiger partial charge >= 0.3 is 6.09 Å². The van der Waals surface area contributed by atoms with Gasteiger partial charge in [-0.15, -0.1) is 0 Å². The lowest BCUT2D eigenvalue weighted by molar-refractivity contribution is 0.0570. The maximum atomic E-state index is 12.1. The molecule has 0 fully saturated rings. The normalized spacial score (nSPS) is 11.4. The number of rotatable bonds is 2. The number of nitrogen functional groups attached to an aromatic ring is 1. The fourth-order valence-corrected chi connectivity index (χ4v) is 1.47. The lowest BCUT2D eigenvalue weighted by atomic mass is 10.2. The van der Waals surface area contributed by atoms with Gasteiger partial charge in [0.25, 0.3) is 0 Å². The molecule has 0 unspecified atom stereocenters. The molecule has 1 amide bonds. The van der Waals surface area contributed by atoms with Crippen molar-refractivity contribution in [1.29, 1.82) is 0 Å². The molecule has 100 valence electrons. The van der Waals surface area contributed by atoms with Gasteiger partial charge < -0.3 is 10.5 Å². The highest BCUT2D eigenvalue weighted by molar-refractivity contribution is 5.88. The number of nitrogens with zero attached hydrogens (tertiary/aromatic N) is 2. The molecule has 0 radical (unpaired) electrons. The van der Waals surface area contributed by atoms with Gasteiger partial charge in [0.1, 0.15) is 11.4 Å². The zero-order valence-corrected chi connectivity index (χ0v) is 11.6. The van der Waals surface area contributed by atoms with Crippen molar-refractivity contribution < 1.29 is 9.53 Å². The van der Waals surface area contributed by atoms with Crippen LogP contribution in [0.1, 0.15) is 34.6 Å². The zero-order chi connectivity index (χ0) is 13.9. The number of anilines is 2. The summed E-state index contributed by atoms with van der Waals surface area (Å²) in [4.78, 5) is 17.7. The van der Waals surface area contributed by atoms with Crippen molar-refractivity contribution in [3.05, 3.63) is 18.3 Å². The Morgan fingerprint density at radius 2 is 2.00 bits per heavy atom. The van der Waals surface area contributed by atoms with Crippen LogP contribution in [0, 0.1) is 0 Å². The largest absolute Gasteiger partial charge is 0.443 e. The number of ether oxygens (including phenoxy) is 1. The van der Waals surface area contributed by atoms with Gasteiger partial charge in [-0.2, -0.15) is 0 Å². The third kappa shape index (κ3) is 3.91. The van der Waals surface area contributed by atoms with Crippen molar-refractivity contribution in [1.82, 2.24) is 4.98 Å². The standard InChI is InChI=1S/C13H21N3O2/c1-9(2)16(12(17)18-13(3,4)5)10-6-7-11(14)15-8-10/h6-9H,1-5H3,(H2,14,15). The van der Waals surface area contributed by atoms with E-state index < -0.39 is 5.60 Å². The molecule has 1 aromatic rings. The van der Waals surface area contributed by atoms with E-state index in [1.807, 2.05) is 34.6 Å². The lowest BCUT2D eigenvalue weighted by Crippen LogP contribution is -2.41. The van der Waals surface area contributed by atoms with Gasteiger partial charge in [-0.05, 0) is 46.8 Å². The molecule has 18 heavy (non-hydrogen) atoms. The van der Waals surface area contributed by atoms with Crippen molar-refractivity contribution >= 4 is 17.6 Å². The molecule has 5 heteroatoms. The number of carbonyl (C=O) groups is 1. The average molecular weight is 251 g/mol. The van der Waals surface area contributed by atoms with Crippen molar-refractivity contribution in [2.24, 2.45) is 0 Å². The molecule has 0 aliphatic rings. The van der Waals surface area contributed by atoms with Crippen LogP contribution in [0.15, 0.2) is 18.3 Å². The smallest absolute Gasteiger partial charge is 0.415 e. The Labute approximate surface area is 108 Å². The Morgan fingerprint density at radius 3 is 2.39 bits per heavy atom. The quantitative estimate of drug-likeness (QED) is 0.877. The molecule has 0 atom stereocenters. The highest BCUT2D eigenvalue weighted by atomic mass is 16.6. The van der Waals surface area contributed by atoms with Gasteiger partial charge in [0.05, 0.1) is 11.9 Å². The van der Waals surface area contributed by atoms with E-state index in [1.54, 1.807) is 23.2 Å². The van der Waals surface area contributed by atoms with Crippen molar-refractivity contribution in [3.63, 3.8) is 0 Å². The molecule has 0 aromatic carbocycles. The van der Waals surface area contributed by atoms with E-state index in [0.29, 0.717) is 11.5 Å². The zero-order valence-electron chi connectivity index (χ0n) is 11.6. The van der Waals surface area contributed by atoms with E-state index in [1.165, 1.54) is 0 Å². The second kappa shape index (κ2) is 5.25. The molecule has 5 nitrogen and oxygen atoms in total. The van der Waals surface area contributed by atoms with Gasteiger partial charge in [-0.3, -0.25) is 4.90 Å². The van der Waals surface area contributed by atoms with Crippen LogP contribution < -0.4 is 10.6 Å². The maximum Gasteiger partial charge on any atom is 0.415 e. The van der Waals surface area contributed by atoms with Crippen molar-refractivity contribution in [2.75, 3.05) is 10.6 Å². The minimum Gasteiger partial charge on any atom is -0.443 e. The van der Waals surface area contributed by atoms with Crippen LogP contribution in [0.2, 0.25) is 0 Å². The Morgan fingerprint density at radius 1 is 1.39 bits per heavy atom. The van der Waals surface area contributed by atoms with E-state index >= 15 is 0 Å². The minimum atomic E-state index is -0.522.